The van der Waals surface area contributed by atoms with Crippen LogP contribution in [0.1, 0.15) is 33.0 Å². The van der Waals surface area contributed by atoms with E-state index < -0.39 is 10.8 Å². The van der Waals surface area contributed by atoms with E-state index in [1.54, 1.807) is 26.4 Å². The van der Waals surface area contributed by atoms with Crippen molar-refractivity contribution in [1.82, 2.24) is 5.32 Å². The summed E-state index contributed by atoms with van der Waals surface area (Å²) in [5.74, 6) is 2.50. The third-order valence-corrected chi connectivity index (χ3v) is 6.05. The number of furan rings is 1. The summed E-state index contributed by atoms with van der Waals surface area (Å²) in [5, 5.41) is 2.84. The van der Waals surface area contributed by atoms with E-state index in [0.717, 1.165) is 11.1 Å². The Bertz CT molecular complexity index is 1040. The van der Waals surface area contributed by atoms with Gasteiger partial charge in [0.2, 0.25) is 0 Å². The summed E-state index contributed by atoms with van der Waals surface area (Å²) in [4.78, 5) is 12.4. The van der Waals surface area contributed by atoms with Crippen LogP contribution in [0.2, 0.25) is 0 Å². The predicted octanol–water partition coefficient (Wildman–Crippen LogP) is 4.03. The summed E-state index contributed by atoms with van der Waals surface area (Å²) in [6, 6.07) is 16.9. The molecular formula is C24H27NO5S. The van der Waals surface area contributed by atoms with Gasteiger partial charge in [0.15, 0.2) is 17.3 Å². The molecule has 3 aromatic rings. The van der Waals surface area contributed by atoms with Gasteiger partial charge in [-0.1, -0.05) is 35.9 Å². The molecule has 0 aliphatic carbocycles. The van der Waals surface area contributed by atoms with Crippen molar-refractivity contribution in [2.75, 3.05) is 20.8 Å². The first-order valence-electron chi connectivity index (χ1n) is 9.97. The van der Waals surface area contributed by atoms with Gasteiger partial charge in [-0.3, -0.25) is 9.00 Å². The average molecular weight is 442 g/mol. The average Bonchev–Trinajstić information content (AvgIpc) is 3.23. The lowest BCUT2D eigenvalue weighted by Crippen LogP contribution is -2.25. The van der Waals surface area contributed by atoms with E-state index in [1.807, 2.05) is 49.4 Å². The molecule has 1 amide bonds. The van der Waals surface area contributed by atoms with Crippen LogP contribution in [-0.2, 0) is 28.7 Å². The van der Waals surface area contributed by atoms with Gasteiger partial charge in [-0.25, -0.2) is 0 Å². The minimum atomic E-state index is -1.11. The molecule has 0 unspecified atom stereocenters. The number of hydrogen-bond acceptors (Lipinski definition) is 5. The van der Waals surface area contributed by atoms with E-state index in [0.29, 0.717) is 36.0 Å². The van der Waals surface area contributed by atoms with Gasteiger partial charge >= 0.3 is 0 Å². The van der Waals surface area contributed by atoms with Gasteiger partial charge in [-0.2, -0.15) is 0 Å². The van der Waals surface area contributed by atoms with Gasteiger partial charge < -0.3 is 19.2 Å². The van der Waals surface area contributed by atoms with Gasteiger partial charge in [-0.15, -0.1) is 0 Å². The second-order valence-electron chi connectivity index (χ2n) is 7.18. The van der Waals surface area contributed by atoms with Gasteiger partial charge in [0.05, 0.1) is 20.0 Å². The Balaban J connectivity index is 1.48. The van der Waals surface area contributed by atoms with Crippen LogP contribution < -0.4 is 14.8 Å². The smallest absolute Gasteiger partial charge is 0.287 e. The molecule has 0 radical (unpaired) electrons. The topological polar surface area (TPSA) is 77.8 Å². The first-order chi connectivity index (χ1) is 15.0. The molecule has 0 aliphatic rings. The van der Waals surface area contributed by atoms with Crippen LogP contribution in [-0.4, -0.2) is 30.9 Å². The molecule has 7 heteroatoms. The normalized spacial score (nSPS) is 11.7. The largest absolute Gasteiger partial charge is 0.493 e. The molecule has 0 fully saturated rings. The van der Waals surface area contributed by atoms with Crippen LogP contribution in [0.4, 0.5) is 0 Å². The molecule has 6 nitrogen and oxygen atoms in total. The van der Waals surface area contributed by atoms with Crippen molar-refractivity contribution in [3.8, 4) is 11.5 Å². The number of carbonyl (C=O) groups is 1. The number of rotatable bonds is 10. The molecule has 0 saturated heterocycles. The van der Waals surface area contributed by atoms with E-state index in [4.69, 9.17) is 13.9 Å². The number of hydrogen-bond donors (Lipinski definition) is 1. The second kappa shape index (κ2) is 10.8. The third kappa shape index (κ3) is 6.46. The Kier molecular flexibility index (Phi) is 7.89. The molecular weight excluding hydrogens is 414 g/mol. The summed E-state index contributed by atoms with van der Waals surface area (Å²) in [5.41, 5.74) is 3.20. The monoisotopic (exact) mass is 441 g/mol. The molecule has 0 saturated carbocycles. The third-order valence-electron chi connectivity index (χ3n) is 4.78. The molecule has 0 bridgehead atoms. The lowest BCUT2D eigenvalue weighted by atomic mass is 10.1. The quantitative estimate of drug-likeness (QED) is 0.514. The molecule has 1 aromatic heterocycles. The van der Waals surface area contributed by atoms with Crippen molar-refractivity contribution in [2.45, 2.75) is 24.9 Å². The Morgan fingerprint density at radius 3 is 2.35 bits per heavy atom. The molecule has 164 valence electrons. The number of amides is 1. The number of methoxy groups -OCH3 is 2. The van der Waals surface area contributed by atoms with Crippen molar-refractivity contribution >= 4 is 16.7 Å². The number of ether oxygens (including phenoxy) is 2. The summed E-state index contributed by atoms with van der Waals surface area (Å²) < 4.78 is 28.5. The van der Waals surface area contributed by atoms with Crippen molar-refractivity contribution in [1.29, 1.82) is 0 Å². The maximum absolute atomic E-state index is 12.4. The summed E-state index contributed by atoms with van der Waals surface area (Å²) in [7, 11) is 2.07. The standard InChI is InChI=1S/C24H27NO5S/c1-17-4-6-19(7-5-17)15-31(27)16-20-9-11-22(30-20)24(26)25-13-12-18-8-10-21(28-2)23(14-18)29-3/h4-11,14H,12-13,15-16H2,1-3H3,(H,25,26)/t31-/m0/s1. The van der Waals surface area contributed by atoms with Gasteiger partial charge in [0.1, 0.15) is 5.76 Å². The minimum absolute atomic E-state index is 0.217. The van der Waals surface area contributed by atoms with E-state index in [9.17, 15) is 9.00 Å². The lowest BCUT2D eigenvalue weighted by molar-refractivity contribution is 0.0925. The highest BCUT2D eigenvalue weighted by atomic mass is 32.2. The van der Waals surface area contributed by atoms with Gasteiger partial charge in [-0.05, 0) is 48.7 Å². The molecule has 31 heavy (non-hydrogen) atoms. The Morgan fingerprint density at radius 1 is 0.935 bits per heavy atom. The highest BCUT2D eigenvalue weighted by molar-refractivity contribution is 7.83. The van der Waals surface area contributed by atoms with Crippen LogP contribution in [0, 0.1) is 6.92 Å². The Morgan fingerprint density at radius 2 is 1.65 bits per heavy atom. The van der Waals surface area contributed by atoms with Crippen LogP contribution in [0.5, 0.6) is 11.5 Å². The molecule has 0 spiro atoms. The van der Waals surface area contributed by atoms with Gasteiger partial charge in [0.25, 0.3) is 5.91 Å². The fourth-order valence-electron chi connectivity index (χ4n) is 3.10. The highest BCUT2D eigenvalue weighted by Crippen LogP contribution is 2.27. The summed E-state index contributed by atoms with van der Waals surface area (Å²) in [6.07, 6.45) is 0.639. The number of carbonyl (C=O) groups excluding carboxylic acids is 1. The predicted molar refractivity (Wildman–Crippen MR) is 121 cm³/mol. The van der Waals surface area contributed by atoms with E-state index >= 15 is 0 Å². The van der Waals surface area contributed by atoms with Gasteiger partial charge in [0, 0.05) is 23.1 Å². The molecule has 0 aliphatic heterocycles. The van der Waals surface area contributed by atoms with Crippen LogP contribution in [0.3, 0.4) is 0 Å². The number of nitrogens with one attached hydrogen (secondary N) is 1. The molecule has 1 atom stereocenters. The molecule has 1 N–H and O–H groups in total. The first-order valence-corrected chi connectivity index (χ1v) is 11.5. The summed E-state index contributed by atoms with van der Waals surface area (Å²) >= 11 is 0. The SMILES string of the molecule is COc1ccc(CCNC(=O)c2ccc(C[S@@](=O)Cc3ccc(C)cc3)o2)cc1OC. The fraction of sp³-hybridized carbons (Fsp3) is 0.292. The Hall–Kier alpha value is -3.06. The zero-order valence-electron chi connectivity index (χ0n) is 18.0. The molecule has 1 heterocycles. The number of benzene rings is 2. The van der Waals surface area contributed by atoms with Crippen molar-refractivity contribution in [3.63, 3.8) is 0 Å². The lowest BCUT2D eigenvalue weighted by Gasteiger charge is -2.09. The van der Waals surface area contributed by atoms with Crippen molar-refractivity contribution < 1.29 is 22.9 Å². The minimum Gasteiger partial charge on any atom is -0.493 e. The van der Waals surface area contributed by atoms with Crippen LogP contribution in [0.15, 0.2) is 59.0 Å². The number of aryl methyl sites for hydroxylation is 1. The first kappa shape index (κ1) is 22.6. The van der Waals surface area contributed by atoms with Crippen LogP contribution >= 0.6 is 0 Å². The maximum Gasteiger partial charge on any atom is 0.287 e. The zero-order chi connectivity index (χ0) is 22.2. The zero-order valence-corrected chi connectivity index (χ0v) is 18.8. The van der Waals surface area contributed by atoms with Crippen molar-refractivity contribution in [3.05, 3.63) is 82.8 Å². The summed E-state index contributed by atoms with van der Waals surface area (Å²) in [6.45, 7) is 2.47. The van der Waals surface area contributed by atoms with Crippen LogP contribution in [0.25, 0.3) is 0 Å². The molecule has 2 aromatic carbocycles. The maximum atomic E-state index is 12.4. The Labute approximate surface area is 185 Å². The van der Waals surface area contributed by atoms with Crippen molar-refractivity contribution in [2.24, 2.45) is 0 Å². The molecule has 3 rings (SSSR count). The fourth-order valence-corrected chi connectivity index (χ4v) is 4.24. The van der Waals surface area contributed by atoms with E-state index in [-0.39, 0.29) is 17.4 Å². The van der Waals surface area contributed by atoms with E-state index in [1.165, 1.54) is 5.56 Å². The van der Waals surface area contributed by atoms with E-state index in [2.05, 4.69) is 5.32 Å². The second-order valence-corrected chi connectivity index (χ2v) is 8.63. The highest BCUT2D eigenvalue weighted by Gasteiger charge is 2.13.